The van der Waals surface area contributed by atoms with Crippen LogP contribution >= 0.6 is 11.3 Å². The Balaban J connectivity index is 2.21. The second kappa shape index (κ2) is 4.69. The lowest BCUT2D eigenvalue weighted by Gasteiger charge is -2.12. The smallest absolute Gasteiger partial charge is 0.149 e. The van der Waals surface area contributed by atoms with Gasteiger partial charge in [-0.15, -0.1) is 11.3 Å². The van der Waals surface area contributed by atoms with Crippen molar-refractivity contribution in [3.63, 3.8) is 0 Å². The molecule has 0 spiro atoms. The van der Waals surface area contributed by atoms with Crippen LogP contribution in [0.1, 0.15) is 10.9 Å². The molecule has 0 saturated carbocycles. The number of thiophene rings is 1. The summed E-state index contributed by atoms with van der Waals surface area (Å²) < 4.78 is 0. The molecule has 0 fully saturated rings. The van der Waals surface area contributed by atoms with Gasteiger partial charge in [0, 0.05) is 4.88 Å². The first-order chi connectivity index (χ1) is 7.81. The third-order valence-electron chi connectivity index (χ3n) is 2.16. The van der Waals surface area contributed by atoms with E-state index in [1.807, 2.05) is 23.6 Å². The molecular weight excluding hydrogens is 220 g/mol. The van der Waals surface area contributed by atoms with Crippen LogP contribution in [-0.2, 0) is 0 Å². The first kappa shape index (κ1) is 10.5. The zero-order chi connectivity index (χ0) is 11.4. The van der Waals surface area contributed by atoms with Crippen LogP contribution in [0, 0.1) is 11.3 Å². The Bertz CT molecular complexity index is 502. The van der Waals surface area contributed by atoms with Crippen molar-refractivity contribution in [3.8, 4) is 11.8 Å². The Hall–Kier alpha value is -1.99. The minimum Gasteiger partial charge on any atom is -0.506 e. The fraction of sp³-hybridized carbons (Fsp3) is 0.0833. The van der Waals surface area contributed by atoms with E-state index in [0.717, 1.165) is 4.88 Å². The highest BCUT2D eigenvalue weighted by molar-refractivity contribution is 7.10. The molecule has 0 unspecified atom stereocenters. The molecule has 16 heavy (non-hydrogen) atoms. The topological polar surface area (TPSA) is 56.0 Å². The molecular formula is C12H10N2OS. The van der Waals surface area contributed by atoms with Crippen molar-refractivity contribution in [2.75, 3.05) is 5.32 Å². The minimum atomic E-state index is -0.423. The number of rotatable bonds is 3. The first-order valence-corrected chi connectivity index (χ1v) is 5.67. The molecule has 2 aromatic rings. The van der Waals surface area contributed by atoms with Gasteiger partial charge in [-0.05, 0) is 23.6 Å². The summed E-state index contributed by atoms with van der Waals surface area (Å²) in [6.45, 7) is 0. The van der Waals surface area contributed by atoms with Gasteiger partial charge in [-0.25, -0.2) is 0 Å². The molecule has 2 rings (SSSR count). The summed E-state index contributed by atoms with van der Waals surface area (Å²) in [7, 11) is 0. The van der Waals surface area contributed by atoms with E-state index < -0.39 is 6.04 Å². The van der Waals surface area contributed by atoms with E-state index in [1.165, 1.54) is 11.3 Å². The fourth-order valence-electron chi connectivity index (χ4n) is 1.37. The maximum Gasteiger partial charge on any atom is 0.149 e. The van der Waals surface area contributed by atoms with Crippen molar-refractivity contribution in [1.82, 2.24) is 0 Å². The van der Waals surface area contributed by atoms with Crippen LogP contribution in [0.2, 0.25) is 0 Å². The predicted octanol–water partition coefficient (Wildman–Crippen LogP) is 3.13. The van der Waals surface area contributed by atoms with Crippen molar-refractivity contribution >= 4 is 17.0 Å². The molecule has 0 bridgehead atoms. The number of hydrogen-bond acceptors (Lipinski definition) is 4. The lowest BCUT2D eigenvalue weighted by Crippen LogP contribution is -2.06. The summed E-state index contributed by atoms with van der Waals surface area (Å²) in [5, 5.41) is 23.6. The van der Waals surface area contributed by atoms with Gasteiger partial charge in [0.2, 0.25) is 0 Å². The molecule has 80 valence electrons. The summed E-state index contributed by atoms with van der Waals surface area (Å²) in [6.07, 6.45) is 0. The van der Waals surface area contributed by atoms with E-state index in [4.69, 9.17) is 5.26 Å². The van der Waals surface area contributed by atoms with Crippen molar-refractivity contribution < 1.29 is 5.11 Å². The Morgan fingerprint density at radius 3 is 2.69 bits per heavy atom. The summed E-state index contributed by atoms with van der Waals surface area (Å²) in [6, 6.07) is 12.4. The van der Waals surface area contributed by atoms with Crippen molar-refractivity contribution in [2.45, 2.75) is 6.04 Å². The highest BCUT2D eigenvalue weighted by Crippen LogP contribution is 2.28. The number of nitrogens with zero attached hydrogens (tertiary/aromatic N) is 1. The number of para-hydroxylation sites is 2. The lowest BCUT2D eigenvalue weighted by molar-refractivity contribution is 0.477. The van der Waals surface area contributed by atoms with Gasteiger partial charge < -0.3 is 10.4 Å². The number of nitrogens with one attached hydrogen (secondary N) is 1. The lowest BCUT2D eigenvalue weighted by atomic mass is 10.2. The van der Waals surface area contributed by atoms with Gasteiger partial charge in [0.1, 0.15) is 11.8 Å². The number of nitriles is 1. The average molecular weight is 230 g/mol. The van der Waals surface area contributed by atoms with Crippen molar-refractivity contribution in [1.29, 1.82) is 5.26 Å². The molecule has 1 heterocycles. The Morgan fingerprint density at radius 1 is 1.25 bits per heavy atom. The SMILES string of the molecule is N#C[C@@H](Nc1ccccc1O)c1cccs1. The molecule has 0 saturated heterocycles. The Kier molecular flexibility index (Phi) is 3.08. The van der Waals surface area contributed by atoms with Crippen molar-refractivity contribution in [2.24, 2.45) is 0 Å². The number of phenols is 1. The second-order valence-electron chi connectivity index (χ2n) is 3.24. The van der Waals surface area contributed by atoms with Gasteiger partial charge in [0.25, 0.3) is 0 Å². The van der Waals surface area contributed by atoms with Gasteiger partial charge in [0.15, 0.2) is 0 Å². The molecule has 1 atom stereocenters. The van der Waals surface area contributed by atoms with Gasteiger partial charge in [0.05, 0.1) is 11.8 Å². The predicted molar refractivity (Wildman–Crippen MR) is 64.4 cm³/mol. The molecule has 4 heteroatoms. The maximum atomic E-state index is 9.58. The average Bonchev–Trinajstić information content (AvgIpc) is 2.81. The largest absolute Gasteiger partial charge is 0.506 e. The number of aromatic hydroxyl groups is 1. The fourth-order valence-corrected chi connectivity index (χ4v) is 2.09. The van der Waals surface area contributed by atoms with E-state index in [0.29, 0.717) is 5.69 Å². The first-order valence-electron chi connectivity index (χ1n) is 4.79. The number of benzene rings is 1. The van der Waals surface area contributed by atoms with Gasteiger partial charge >= 0.3 is 0 Å². The summed E-state index contributed by atoms with van der Waals surface area (Å²) in [4.78, 5) is 0.936. The molecule has 1 aromatic heterocycles. The Morgan fingerprint density at radius 2 is 2.06 bits per heavy atom. The van der Waals surface area contributed by atoms with Gasteiger partial charge in [-0.2, -0.15) is 5.26 Å². The molecule has 0 radical (unpaired) electrons. The normalized spacial score (nSPS) is 11.7. The van der Waals surface area contributed by atoms with Crippen LogP contribution in [0.5, 0.6) is 5.75 Å². The number of anilines is 1. The standard InChI is InChI=1S/C12H10N2OS/c13-8-10(12-6-3-7-16-12)14-9-4-1-2-5-11(9)15/h1-7,10,14-15H/t10-/m1/s1. The summed E-state index contributed by atoms with van der Waals surface area (Å²) in [5.74, 6) is 0.152. The third kappa shape index (κ3) is 2.15. The van der Waals surface area contributed by atoms with Gasteiger partial charge in [-0.1, -0.05) is 18.2 Å². The van der Waals surface area contributed by atoms with E-state index in [1.54, 1.807) is 18.2 Å². The quantitative estimate of drug-likeness (QED) is 0.796. The molecule has 2 N–H and O–H groups in total. The van der Waals surface area contributed by atoms with Crippen LogP contribution in [0.3, 0.4) is 0 Å². The molecule has 0 aliphatic rings. The highest BCUT2D eigenvalue weighted by atomic mass is 32.1. The number of hydrogen-bond donors (Lipinski definition) is 2. The van der Waals surface area contributed by atoms with E-state index in [9.17, 15) is 5.11 Å². The molecule has 0 amide bonds. The Labute approximate surface area is 97.6 Å². The van der Waals surface area contributed by atoms with E-state index >= 15 is 0 Å². The van der Waals surface area contributed by atoms with Crippen LogP contribution < -0.4 is 5.32 Å². The maximum absolute atomic E-state index is 9.58. The highest BCUT2D eigenvalue weighted by Gasteiger charge is 2.12. The molecule has 0 aliphatic heterocycles. The zero-order valence-corrected chi connectivity index (χ0v) is 9.24. The van der Waals surface area contributed by atoms with E-state index in [-0.39, 0.29) is 5.75 Å². The van der Waals surface area contributed by atoms with Crippen LogP contribution in [-0.4, -0.2) is 5.11 Å². The monoisotopic (exact) mass is 230 g/mol. The number of phenolic OH excluding ortho intramolecular Hbond substituents is 1. The van der Waals surface area contributed by atoms with Gasteiger partial charge in [-0.3, -0.25) is 0 Å². The third-order valence-corrected chi connectivity index (χ3v) is 3.10. The zero-order valence-electron chi connectivity index (χ0n) is 8.42. The van der Waals surface area contributed by atoms with Crippen LogP contribution in [0.4, 0.5) is 5.69 Å². The second-order valence-corrected chi connectivity index (χ2v) is 4.22. The molecule has 3 nitrogen and oxygen atoms in total. The summed E-state index contributed by atoms with van der Waals surface area (Å²) in [5.41, 5.74) is 0.572. The molecule has 1 aromatic carbocycles. The van der Waals surface area contributed by atoms with Crippen LogP contribution in [0.15, 0.2) is 41.8 Å². The van der Waals surface area contributed by atoms with E-state index in [2.05, 4.69) is 11.4 Å². The van der Waals surface area contributed by atoms with Crippen molar-refractivity contribution in [3.05, 3.63) is 46.7 Å². The molecule has 0 aliphatic carbocycles. The minimum absolute atomic E-state index is 0.152. The van der Waals surface area contributed by atoms with Crippen LogP contribution in [0.25, 0.3) is 0 Å². The summed E-state index contributed by atoms with van der Waals surface area (Å²) >= 11 is 1.51.